The topological polar surface area (TPSA) is 123 Å². The molecule has 0 saturated heterocycles. The molecule has 2 aromatic carbocycles. The van der Waals surface area contributed by atoms with Crippen LogP contribution in [0.1, 0.15) is 52.7 Å². The zero-order valence-electron chi connectivity index (χ0n) is 25.8. The first-order chi connectivity index (χ1) is 20.3. The van der Waals surface area contributed by atoms with E-state index in [2.05, 4.69) is 0 Å². The minimum atomic E-state index is -1.45. The number of nitrogens with zero attached hydrogens (tertiary/aromatic N) is 3. The lowest BCUT2D eigenvalue weighted by Crippen LogP contribution is -2.64. The number of carbonyl (C=O) groups is 5. The quantitative estimate of drug-likeness (QED) is 0.286. The second-order valence-corrected chi connectivity index (χ2v) is 10.7. The van der Waals surface area contributed by atoms with Crippen LogP contribution in [0, 0.1) is 5.92 Å². The fourth-order valence-corrected chi connectivity index (χ4v) is 4.97. The summed E-state index contributed by atoms with van der Waals surface area (Å²) in [7, 11) is 2.93. The number of carbonyl (C=O) groups excluding carboxylic acids is 5. The first kappa shape index (κ1) is 32.8. The predicted molar refractivity (Wildman–Crippen MR) is 158 cm³/mol. The van der Waals surface area contributed by atoms with Gasteiger partial charge in [0.1, 0.15) is 12.1 Å². The van der Waals surface area contributed by atoms with Crippen molar-refractivity contribution in [1.82, 2.24) is 14.9 Å². The Hall–Kier alpha value is -4.67. The number of amides is 3. The van der Waals surface area contributed by atoms with E-state index >= 15 is 0 Å². The average Bonchev–Trinajstić information content (AvgIpc) is 2.96. The van der Waals surface area contributed by atoms with Crippen LogP contribution in [0.3, 0.4) is 0 Å². The molecule has 1 heterocycles. The summed E-state index contributed by atoms with van der Waals surface area (Å²) < 4.78 is 16.1. The molecule has 230 valence electrons. The van der Waals surface area contributed by atoms with Crippen LogP contribution in [0.15, 0.2) is 54.7 Å². The number of methoxy groups -OCH3 is 2. The van der Waals surface area contributed by atoms with Crippen molar-refractivity contribution in [3.05, 3.63) is 65.9 Å². The highest BCUT2D eigenvalue weighted by molar-refractivity contribution is 6.36. The van der Waals surface area contributed by atoms with Crippen LogP contribution in [0.4, 0.5) is 0 Å². The van der Waals surface area contributed by atoms with Crippen molar-refractivity contribution >= 4 is 35.2 Å². The van der Waals surface area contributed by atoms with E-state index in [0.29, 0.717) is 22.6 Å². The Balaban J connectivity index is 2.32. The number of rotatable bonds is 11. The van der Waals surface area contributed by atoms with Crippen LogP contribution in [-0.4, -0.2) is 76.8 Å². The van der Waals surface area contributed by atoms with Gasteiger partial charge in [0.05, 0.1) is 26.0 Å². The Kier molecular flexibility index (Phi) is 10.7. The number of hydrazine groups is 1. The molecule has 0 saturated carbocycles. The van der Waals surface area contributed by atoms with Crippen LogP contribution in [0.5, 0.6) is 11.5 Å². The number of hydrogen-bond acceptors (Lipinski definition) is 8. The molecule has 3 rings (SSSR count). The summed E-state index contributed by atoms with van der Waals surface area (Å²) in [6.45, 7) is 9.31. The first-order valence-electron chi connectivity index (χ1n) is 14.0. The third kappa shape index (κ3) is 7.22. The molecule has 0 spiro atoms. The maximum atomic E-state index is 14.4. The fraction of sp³-hybridized carbons (Fsp3) is 0.406. The van der Waals surface area contributed by atoms with Crippen LogP contribution in [0.2, 0.25) is 0 Å². The van der Waals surface area contributed by atoms with E-state index in [0.717, 1.165) is 10.0 Å². The molecule has 0 aliphatic carbocycles. The Morgan fingerprint density at radius 2 is 1.53 bits per heavy atom. The molecule has 1 aliphatic heterocycles. The summed E-state index contributed by atoms with van der Waals surface area (Å²) in [4.78, 5) is 68.8. The molecule has 0 aromatic heterocycles. The monoisotopic (exact) mass is 593 g/mol. The van der Waals surface area contributed by atoms with E-state index in [1.165, 1.54) is 39.2 Å². The maximum Gasteiger partial charge on any atom is 0.377 e. The van der Waals surface area contributed by atoms with Gasteiger partial charge in [0.15, 0.2) is 11.5 Å². The number of esters is 1. The second kappa shape index (κ2) is 14.0. The number of hydrogen-bond donors (Lipinski definition) is 0. The number of ether oxygens (including phenoxy) is 3. The van der Waals surface area contributed by atoms with Gasteiger partial charge in [-0.2, -0.15) is 0 Å². The molecule has 0 radical (unpaired) electrons. The van der Waals surface area contributed by atoms with Crippen LogP contribution < -0.4 is 9.47 Å². The van der Waals surface area contributed by atoms with Gasteiger partial charge in [-0.3, -0.25) is 19.2 Å². The third-order valence-corrected chi connectivity index (χ3v) is 6.88. The number of ketones is 1. The van der Waals surface area contributed by atoms with Gasteiger partial charge in [0.2, 0.25) is 11.8 Å². The van der Waals surface area contributed by atoms with Gasteiger partial charge >= 0.3 is 5.97 Å². The maximum absolute atomic E-state index is 14.4. The van der Waals surface area contributed by atoms with Crippen molar-refractivity contribution in [3.63, 3.8) is 0 Å². The molecular weight excluding hydrogens is 554 g/mol. The molecule has 2 atom stereocenters. The smallest absolute Gasteiger partial charge is 0.377 e. The molecule has 1 unspecified atom stereocenters. The highest BCUT2D eigenvalue weighted by Crippen LogP contribution is 2.37. The molecule has 1 aliphatic rings. The Morgan fingerprint density at radius 1 is 0.907 bits per heavy atom. The van der Waals surface area contributed by atoms with Gasteiger partial charge in [-0.05, 0) is 43.5 Å². The van der Waals surface area contributed by atoms with E-state index in [9.17, 15) is 24.0 Å². The largest absolute Gasteiger partial charge is 0.493 e. The van der Waals surface area contributed by atoms with Gasteiger partial charge in [-0.15, -0.1) is 0 Å². The van der Waals surface area contributed by atoms with Gasteiger partial charge in [-0.25, -0.2) is 14.8 Å². The van der Waals surface area contributed by atoms with Crippen molar-refractivity contribution in [2.24, 2.45) is 5.92 Å². The normalized spacial score (nSPS) is 15.6. The molecule has 2 aromatic rings. The van der Waals surface area contributed by atoms with Crippen molar-refractivity contribution in [1.29, 1.82) is 0 Å². The van der Waals surface area contributed by atoms with Crippen LogP contribution in [0.25, 0.3) is 5.70 Å². The minimum Gasteiger partial charge on any atom is -0.493 e. The fourth-order valence-electron chi connectivity index (χ4n) is 4.97. The van der Waals surface area contributed by atoms with E-state index in [4.69, 9.17) is 14.2 Å². The van der Waals surface area contributed by atoms with Gasteiger partial charge in [-0.1, -0.05) is 44.2 Å². The zero-order chi connectivity index (χ0) is 32.0. The standard InChI is InChI=1S/C32H39N3O8/c1-19(2)29-31(39)35(26(18-33(29)21(5)36)24-14-15-27(41-7)28(17-24)42-8)34(22(6)37)25(16-23-12-10-9-11-13-23)30(38)32(40)43-20(3)4/h9-15,17-20,25,29H,16H2,1-8H3/t25-,29?/m0/s1. The molecule has 11 heteroatoms. The summed E-state index contributed by atoms with van der Waals surface area (Å²) in [5.41, 5.74) is 1.16. The summed E-state index contributed by atoms with van der Waals surface area (Å²) in [5.74, 6) is -3.44. The molecule has 0 bridgehead atoms. The molecule has 3 amide bonds. The lowest BCUT2D eigenvalue weighted by molar-refractivity contribution is -0.172. The third-order valence-electron chi connectivity index (χ3n) is 6.88. The highest BCUT2D eigenvalue weighted by atomic mass is 16.5. The van der Waals surface area contributed by atoms with Gasteiger partial charge in [0, 0.05) is 32.0 Å². The van der Waals surface area contributed by atoms with E-state index in [1.54, 1.807) is 76.2 Å². The minimum absolute atomic E-state index is 0.0851. The second-order valence-electron chi connectivity index (χ2n) is 10.7. The average molecular weight is 594 g/mol. The Labute approximate surface area is 251 Å². The SMILES string of the molecule is COc1ccc(C2=CN(C(C)=O)C(C(C)C)C(=O)N2N(C(C)=O)[C@@H](Cc2ccccc2)C(=O)C(=O)OC(C)C)cc1OC. The van der Waals surface area contributed by atoms with Crippen molar-refractivity contribution in [2.45, 2.75) is 66.2 Å². The lowest BCUT2D eigenvalue weighted by atomic mass is 9.96. The molecule has 0 N–H and O–H groups in total. The zero-order valence-corrected chi connectivity index (χ0v) is 25.8. The van der Waals surface area contributed by atoms with E-state index in [1.807, 2.05) is 0 Å². The van der Waals surface area contributed by atoms with Crippen LogP contribution in [-0.2, 0) is 35.1 Å². The Bertz CT molecular complexity index is 1400. The van der Waals surface area contributed by atoms with Crippen molar-refractivity contribution < 1.29 is 38.2 Å². The summed E-state index contributed by atoms with van der Waals surface area (Å²) in [6, 6.07) is 11.2. The first-order valence-corrected chi connectivity index (χ1v) is 14.0. The van der Waals surface area contributed by atoms with E-state index < -0.39 is 47.7 Å². The summed E-state index contributed by atoms with van der Waals surface area (Å²) >= 11 is 0. The molecule has 0 fully saturated rings. The van der Waals surface area contributed by atoms with Gasteiger partial charge in [0.25, 0.3) is 11.7 Å². The van der Waals surface area contributed by atoms with E-state index in [-0.39, 0.29) is 18.0 Å². The highest BCUT2D eigenvalue weighted by Gasteiger charge is 2.47. The molecular formula is C32H39N3O8. The van der Waals surface area contributed by atoms with Crippen molar-refractivity contribution in [2.75, 3.05) is 14.2 Å². The summed E-state index contributed by atoms with van der Waals surface area (Å²) in [6.07, 6.45) is 0.799. The molecule has 11 nitrogen and oxygen atoms in total. The number of Topliss-reactive ketones (excluding diaryl/α,β-unsaturated/α-hetero) is 1. The van der Waals surface area contributed by atoms with Gasteiger partial charge < -0.3 is 19.1 Å². The van der Waals surface area contributed by atoms with Crippen molar-refractivity contribution in [3.8, 4) is 11.5 Å². The Morgan fingerprint density at radius 3 is 2.05 bits per heavy atom. The number of benzene rings is 2. The summed E-state index contributed by atoms with van der Waals surface area (Å²) in [5, 5.41) is 2.09. The molecule has 43 heavy (non-hydrogen) atoms. The van der Waals surface area contributed by atoms with Crippen LogP contribution >= 0.6 is 0 Å². The lowest BCUT2D eigenvalue weighted by Gasteiger charge is -2.46. The predicted octanol–water partition coefficient (Wildman–Crippen LogP) is 3.61.